The Hall–Kier alpha value is -3.60. The molecule has 35 heavy (non-hydrogen) atoms. The Balaban J connectivity index is 1.54. The number of benzene rings is 2. The average molecular weight is 516 g/mol. The molecule has 180 valence electrons. The van der Waals surface area contributed by atoms with Gasteiger partial charge in [-0.2, -0.15) is 9.78 Å². The van der Waals surface area contributed by atoms with Crippen LogP contribution < -0.4 is 21.7 Å². The number of nitrogens with one attached hydrogen (secondary N) is 2. The number of amides is 1. The van der Waals surface area contributed by atoms with Crippen LogP contribution in [0.25, 0.3) is 16.6 Å². The molecule has 4 aromatic rings. The SMILES string of the molecule is CC1(C)COCc2[nH]c3ccc(Oc4c(Cl)cc(-n5nc(C(N)=O)c(=O)[nH]c5=O)cc4Cl)cc3c21. The number of primary amides is 1. The summed E-state index contributed by atoms with van der Waals surface area (Å²) in [5.74, 6) is -0.418. The number of hydrogen-bond donors (Lipinski definition) is 3. The molecule has 5 rings (SSSR count). The fourth-order valence-electron chi connectivity index (χ4n) is 4.27. The lowest BCUT2D eigenvalue weighted by Crippen LogP contribution is -2.37. The fraction of sp³-hybridized carbons (Fsp3) is 0.217. The van der Waals surface area contributed by atoms with E-state index in [2.05, 4.69) is 23.9 Å². The molecule has 2 aromatic carbocycles. The number of aromatic amines is 2. The minimum absolute atomic E-state index is 0.0814. The van der Waals surface area contributed by atoms with Crippen LogP contribution in [0.2, 0.25) is 10.0 Å². The van der Waals surface area contributed by atoms with Crippen molar-refractivity contribution in [1.82, 2.24) is 19.7 Å². The molecule has 0 saturated carbocycles. The molecule has 12 heteroatoms. The normalized spacial score (nSPS) is 14.6. The summed E-state index contributed by atoms with van der Waals surface area (Å²) in [6.07, 6.45) is 0. The molecule has 0 saturated heterocycles. The van der Waals surface area contributed by atoms with E-state index in [1.807, 2.05) is 17.1 Å². The highest BCUT2D eigenvalue weighted by atomic mass is 35.5. The molecule has 0 unspecified atom stereocenters. The number of H-pyrrole nitrogens is 2. The third kappa shape index (κ3) is 3.99. The smallest absolute Gasteiger partial charge is 0.349 e. The number of fused-ring (bicyclic) bond motifs is 3. The first-order chi connectivity index (χ1) is 16.5. The van der Waals surface area contributed by atoms with Gasteiger partial charge >= 0.3 is 5.69 Å². The summed E-state index contributed by atoms with van der Waals surface area (Å²) < 4.78 is 12.5. The molecule has 1 aliphatic heterocycles. The number of carbonyl (C=O) groups is 1. The quantitative estimate of drug-likeness (QED) is 0.379. The van der Waals surface area contributed by atoms with Crippen molar-refractivity contribution < 1.29 is 14.3 Å². The number of rotatable bonds is 4. The summed E-state index contributed by atoms with van der Waals surface area (Å²) in [7, 11) is 0. The second-order valence-electron chi connectivity index (χ2n) is 8.79. The second-order valence-corrected chi connectivity index (χ2v) is 9.60. The molecule has 10 nitrogen and oxygen atoms in total. The Kier molecular flexibility index (Phi) is 5.47. The van der Waals surface area contributed by atoms with Crippen molar-refractivity contribution in [2.24, 2.45) is 5.73 Å². The summed E-state index contributed by atoms with van der Waals surface area (Å²) in [4.78, 5) is 40.8. The summed E-state index contributed by atoms with van der Waals surface area (Å²) in [5, 5.41) is 4.91. The maximum Gasteiger partial charge on any atom is 0.349 e. The van der Waals surface area contributed by atoms with Crippen molar-refractivity contribution in [2.75, 3.05) is 6.61 Å². The Bertz CT molecular complexity index is 1610. The topological polar surface area (TPSA) is 145 Å². The van der Waals surface area contributed by atoms with Gasteiger partial charge in [-0.3, -0.25) is 14.6 Å². The van der Waals surface area contributed by atoms with Crippen LogP contribution in [0, 0.1) is 0 Å². The van der Waals surface area contributed by atoms with Gasteiger partial charge in [0.1, 0.15) is 5.75 Å². The van der Waals surface area contributed by atoms with Gasteiger partial charge in [-0.15, -0.1) is 0 Å². The van der Waals surface area contributed by atoms with Gasteiger partial charge in [0.25, 0.3) is 11.5 Å². The van der Waals surface area contributed by atoms with Crippen molar-refractivity contribution in [3.63, 3.8) is 0 Å². The molecule has 3 heterocycles. The van der Waals surface area contributed by atoms with E-state index in [9.17, 15) is 14.4 Å². The summed E-state index contributed by atoms with van der Waals surface area (Å²) in [6, 6.07) is 8.34. The van der Waals surface area contributed by atoms with E-state index >= 15 is 0 Å². The van der Waals surface area contributed by atoms with Gasteiger partial charge in [-0.25, -0.2) is 4.79 Å². The van der Waals surface area contributed by atoms with Crippen molar-refractivity contribution in [3.8, 4) is 17.2 Å². The monoisotopic (exact) mass is 515 g/mol. The first-order valence-corrected chi connectivity index (χ1v) is 11.2. The maximum absolute atomic E-state index is 12.2. The predicted octanol–water partition coefficient (Wildman–Crippen LogP) is 3.41. The standard InChI is InChI=1S/C23H19Cl2N5O5/c1-23(2)9-34-8-16-17(23)12-7-11(3-4-15(12)27-16)35-19-13(24)5-10(6-14(19)25)30-22(33)28-21(32)18(29-30)20(26)31/h3-7,27H,8-9H2,1-2H3,(H2,26,31)(H,28,32,33). The van der Waals surface area contributed by atoms with Crippen LogP contribution in [0.15, 0.2) is 39.9 Å². The third-order valence-corrected chi connectivity index (χ3v) is 6.30. The van der Waals surface area contributed by atoms with E-state index in [1.54, 1.807) is 6.07 Å². The van der Waals surface area contributed by atoms with Gasteiger partial charge < -0.3 is 20.2 Å². The van der Waals surface area contributed by atoms with Crippen LogP contribution in [0.1, 0.15) is 35.6 Å². The van der Waals surface area contributed by atoms with Crippen LogP contribution in [-0.2, 0) is 16.8 Å². The summed E-state index contributed by atoms with van der Waals surface area (Å²) in [6.45, 7) is 5.36. The Labute approximate surface area is 207 Å². The molecule has 0 aliphatic carbocycles. The lowest BCUT2D eigenvalue weighted by atomic mass is 9.82. The number of ether oxygens (including phenoxy) is 2. The highest BCUT2D eigenvalue weighted by Crippen LogP contribution is 2.42. The number of nitrogens with zero attached hydrogens (tertiary/aromatic N) is 2. The minimum Gasteiger partial charge on any atom is -0.454 e. The zero-order valence-electron chi connectivity index (χ0n) is 18.6. The molecule has 0 radical (unpaired) electrons. The number of hydrogen-bond acceptors (Lipinski definition) is 6. The Morgan fingerprint density at radius 2 is 1.89 bits per heavy atom. The van der Waals surface area contributed by atoms with Gasteiger partial charge in [0.2, 0.25) is 5.69 Å². The van der Waals surface area contributed by atoms with Gasteiger partial charge in [-0.1, -0.05) is 37.0 Å². The first kappa shape index (κ1) is 23.2. The van der Waals surface area contributed by atoms with E-state index in [0.717, 1.165) is 21.3 Å². The highest BCUT2D eigenvalue weighted by molar-refractivity contribution is 6.37. The molecule has 0 atom stereocenters. The first-order valence-electron chi connectivity index (χ1n) is 10.5. The fourth-order valence-corrected chi connectivity index (χ4v) is 4.83. The molecule has 2 aromatic heterocycles. The molecule has 1 amide bonds. The van der Waals surface area contributed by atoms with Crippen molar-refractivity contribution >= 4 is 40.0 Å². The van der Waals surface area contributed by atoms with E-state index in [0.29, 0.717) is 19.0 Å². The lowest BCUT2D eigenvalue weighted by molar-refractivity contribution is 0.0630. The van der Waals surface area contributed by atoms with E-state index < -0.39 is 22.9 Å². The van der Waals surface area contributed by atoms with Crippen LogP contribution in [-0.4, -0.2) is 32.3 Å². The maximum atomic E-state index is 12.2. The Morgan fingerprint density at radius 3 is 2.57 bits per heavy atom. The third-order valence-electron chi connectivity index (χ3n) is 5.74. The van der Waals surface area contributed by atoms with Crippen LogP contribution >= 0.6 is 23.2 Å². The number of nitrogens with two attached hydrogens (primary N) is 1. The second kappa shape index (κ2) is 8.26. The van der Waals surface area contributed by atoms with E-state index in [4.69, 9.17) is 38.4 Å². The number of aromatic nitrogens is 4. The minimum atomic E-state index is -1.09. The highest BCUT2D eigenvalue weighted by Gasteiger charge is 2.32. The van der Waals surface area contributed by atoms with Gasteiger partial charge in [0.05, 0.1) is 28.9 Å². The number of halogens is 2. The van der Waals surface area contributed by atoms with Gasteiger partial charge in [0, 0.05) is 22.0 Å². The predicted molar refractivity (Wildman–Crippen MR) is 130 cm³/mol. The average Bonchev–Trinajstić information content (AvgIpc) is 3.15. The molecule has 0 fully saturated rings. The summed E-state index contributed by atoms with van der Waals surface area (Å²) >= 11 is 12.9. The molecular weight excluding hydrogens is 497 g/mol. The zero-order valence-corrected chi connectivity index (χ0v) is 20.1. The number of carbonyl (C=O) groups excluding carboxylic acids is 1. The van der Waals surface area contributed by atoms with E-state index in [-0.39, 0.29) is 26.9 Å². The molecule has 0 spiro atoms. The van der Waals surface area contributed by atoms with Crippen LogP contribution in [0.3, 0.4) is 0 Å². The zero-order chi connectivity index (χ0) is 25.1. The molecule has 1 aliphatic rings. The lowest BCUT2D eigenvalue weighted by Gasteiger charge is -2.30. The van der Waals surface area contributed by atoms with Crippen molar-refractivity contribution in [2.45, 2.75) is 25.9 Å². The molecular formula is C23H19Cl2N5O5. The van der Waals surface area contributed by atoms with Crippen LogP contribution in [0.5, 0.6) is 11.5 Å². The molecule has 4 N–H and O–H groups in total. The van der Waals surface area contributed by atoms with E-state index in [1.165, 1.54) is 17.7 Å². The van der Waals surface area contributed by atoms with Gasteiger partial charge in [0.15, 0.2) is 5.75 Å². The molecule has 0 bridgehead atoms. The Morgan fingerprint density at radius 1 is 1.17 bits per heavy atom. The van der Waals surface area contributed by atoms with Crippen molar-refractivity contribution in [1.29, 1.82) is 0 Å². The largest absolute Gasteiger partial charge is 0.454 e. The van der Waals surface area contributed by atoms with Gasteiger partial charge in [-0.05, 0) is 35.9 Å². The van der Waals surface area contributed by atoms with Crippen molar-refractivity contribution in [3.05, 3.63) is 78.2 Å². The van der Waals surface area contributed by atoms with Crippen LogP contribution in [0.4, 0.5) is 0 Å². The summed E-state index contributed by atoms with van der Waals surface area (Å²) in [5.41, 5.74) is 5.73.